The predicted molar refractivity (Wildman–Crippen MR) is 113 cm³/mol. The van der Waals surface area contributed by atoms with Crippen molar-refractivity contribution < 1.29 is 24.2 Å². The summed E-state index contributed by atoms with van der Waals surface area (Å²) in [6.45, 7) is 3.94. The van der Waals surface area contributed by atoms with Gasteiger partial charge >= 0.3 is 11.9 Å². The van der Waals surface area contributed by atoms with E-state index in [4.69, 9.17) is 14.6 Å². The summed E-state index contributed by atoms with van der Waals surface area (Å²) < 4.78 is 12.7. The molecule has 0 bridgehead atoms. The zero-order chi connectivity index (χ0) is 22.7. The Morgan fingerprint density at radius 2 is 2.00 bits per heavy atom. The summed E-state index contributed by atoms with van der Waals surface area (Å²) in [4.78, 5) is 23.9. The summed E-state index contributed by atoms with van der Waals surface area (Å²) in [5.74, 6) is -0.485. The highest BCUT2D eigenvalue weighted by molar-refractivity contribution is 5.92. The van der Waals surface area contributed by atoms with E-state index in [0.717, 1.165) is 11.1 Å². The number of rotatable bonds is 7. The summed E-state index contributed by atoms with van der Waals surface area (Å²) in [6, 6.07) is 13.2. The molecule has 1 aliphatic heterocycles. The van der Waals surface area contributed by atoms with Crippen molar-refractivity contribution in [2.45, 2.75) is 26.5 Å². The van der Waals surface area contributed by atoms with Crippen molar-refractivity contribution in [1.82, 2.24) is 20.2 Å². The van der Waals surface area contributed by atoms with Gasteiger partial charge in [-0.2, -0.15) is 4.68 Å². The quantitative estimate of drug-likeness (QED) is 0.538. The van der Waals surface area contributed by atoms with Gasteiger partial charge < -0.3 is 19.9 Å². The summed E-state index contributed by atoms with van der Waals surface area (Å²) in [5.41, 5.74) is 2.66. The number of benzene rings is 2. The van der Waals surface area contributed by atoms with Crippen LogP contribution in [0.25, 0.3) is 0 Å². The van der Waals surface area contributed by atoms with E-state index in [1.165, 1.54) is 10.7 Å². The number of ether oxygens (including phenoxy) is 2. The van der Waals surface area contributed by atoms with Crippen molar-refractivity contribution in [2.24, 2.45) is 0 Å². The third kappa shape index (κ3) is 4.15. The van der Waals surface area contributed by atoms with Crippen LogP contribution in [0.15, 0.2) is 59.8 Å². The normalized spacial score (nSPS) is 15.0. The Balaban J connectivity index is 1.63. The van der Waals surface area contributed by atoms with Crippen LogP contribution in [-0.4, -0.2) is 43.9 Å². The lowest BCUT2D eigenvalue weighted by atomic mass is 9.95. The van der Waals surface area contributed by atoms with Crippen LogP contribution >= 0.6 is 0 Å². The van der Waals surface area contributed by atoms with Crippen LogP contribution in [0, 0.1) is 0 Å². The highest BCUT2D eigenvalue weighted by atomic mass is 16.5. The van der Waals surface area contributed by atoms with Gasteiger partial charge in [-0.15, -0.1) is 0 Å². The molecule has 0 saturated carbocycles. The van der Waals surface area contributed by atoms with Crippen LogP contribution < -0.4 is 10.1 Å². The second-order valence-electron chi connectivity index (χ2n) is 7.10. The number of anilines is 1. The number of nitrogens with one attached hydrogen (secondary N) is 1. The minimum Gasteiger partial charge on any atom is -0.489 e. The number of fused-ring (bicyclic) bond motifs is 1. The van der Waals surface area contributed by atoms with E-state index < -0.39 is 18.0 Å². The zero-order valence-electron chi connectivity index (χ0n) is 17.5. The molecule has 0 aliphatic carbocycles. The molecular formula is C22H21N5O5. The number of carboxylic acids is 1. The van der Waals surface area contributed by atoms with Gasteiger partial charge in [0.15, 0.2) is 0 Å². The Morgan fingerprint density at radius 3 is 2.78 bits per heavy atom. The molecule has 2 N–H and O–H groups in total. The second-order valence-corrected chi connectivity index (χ2v) is 7.10. The Bertz CT molecular complexity index is 1200. The molecule has 0 fully saturated rings. The molecule has 0 spiro atoms. The molecular weight excluding hydrogens is 414 g/mol. The Labute approximate surface area is 183 Å². The van der Waals surface area contributed by atoms with Crippen LogP contribution in [0.1, 0.15) is 41.4 Å². The molecule has 0 radical (unpaired) electrons. The van der Waals surface area contributed by atoms with Crippen molar-refractivity contribution in [3.05, 3.63) is 76.5 Å². The standard InChI is InChI=1S/C22H21N5O5/c1-3-31-21(30)18-13(2)23-22-24-25-26-27(22)19(18)15-7-5-9-17(11-15)32-12-14-6-4-8-16(10-14)20(28)29/h4-11,19H,3,12H2,1-2H3,(H,28,29)(H,23,24,26). The van der Waals surface area contributed by atoms with Crippen molar-refractivity contribution in [3.8, 4) is 5.75 Å². The summed E-state index contributed by atoms with van der Waals surface area (Å²) in [7, 11) is 0. The fourth-order valence-electron chi connectivity index (χ4n) is 3.53. The number of hydrogen-bond acceptors (Lipinski definition) is 8. The van der Waals surface area contributed by atoms with E-state index in [9.17, 15) is 9.59 Å². The molecule has 0 saturated heterocycles. The van der Waals surface area contributed by atoms with Gasteiger partial charge in [-0.3, -0.25) is 0 Å². The second kappa shape index (κ2) is 8.88. The first-order valence-corrected chi connectivity index (χ1v) is 9.95. The number of allylic oxidation sites excluding steroid dienone is 1. The van der Waals surface area contributed by atoms with E-state index in [1.54, 1.807) is 44.2 Å². The fraction of sp³-hybridized carbons (Fsp3) is 0.227. The van der Waals surface area contributed by atoms with Gasteiger partial charge in [0.25, 0.3) is 0 Å². The number of aromatic carboxylic acids is 1. The molecule has 3 aromatic rings. The predicted octanol–water partition coefficient (Wildman–Crippen LogP) is 2.80. The molecule has 10 heteroatoms. The summed E-state index contributed by atoms with van der Waals surface area (Å²) in [6.07, 6.45) is 0. The minimum absolute atomic E-state index is 0.187. The molecule has 1 atom stereocenters. The first-order chi connectivity index (χ1) is 15.5. The first-order valence-electron chi connectivity index (χ1n) is 9.95. The highest BCUT2D eigenvalue weighted by Crippen LogP contribution is 2.36. The number of tetrazole rings is 1. The number of esters is 1. The summed E-state index contributed by atoms with van der Waals surface area (Å²) >= 11 is 0. The number of carbonyl (C=O) groups is 2. The lowest BCUT2D eigenvalue weighted by molar-refractivity contribution is -0.139. The lowest BCUT2D eigenvalue weighted by Gasteiger charge is -2.27. The van der Waals surface area contributed by atoms with E-state index in [0.29, 0.717) is 23.0 Å². The van der Waals surface area contributed by atoms with Crippen molar-refractivity contribution >= 4 is 17.9 Å². The molecule has 164 valence electrons. The maximum absolute atomic E-state index is 12.7. The van der Waals surface area contributed by atoms with Crippen LogP contribution in [-0.2, 0) is 16.1 Å². The number of carbonyl (C=O) groups excluding carboxylic acids is 1. The van der Waals surface area contributed by atoms with E-state index in [2.05, 4.69) is 20.8 Å². The van der Waals surface area contributed by atoms with Gasteiger partial charge in [-0.25, -0.2) is 9.59 Å². The van der Waals surface area contributed by atoms with Crippen LogP contribution in [0.5, 0.6) is 5.75 Å². The van der Waals surface area contributed by atoms with Crippen molar-refractivity contribution in [1.29, 1.82) is 0 Å². The maximum Gasteiger partial charge on any atom is 0.338 e. The molecule has 1 unspecified atom stereocenters. The average molecular weight is 435 g/mol. The van der Waals surface area contributed by atoms with Crippen molar-refractivity contribution in [3.63, 3.8) is 0 Å². The van der Waals surface area contributed by atoms with Crippen LogP contribution in [0.4, 0.5) is 5.95 Å². The topological polar surface area (TPSA) is 128 Å². The Morgan fingerprint density at radius 1 is 1.19 bits per heavy atom. The number of aromatic nitrogens is 4. The molecule has 4 rings (SSSR count). The Kier molecular flexibility index (Phi) is 5.84. The van der Waals surface area contributed by atoms with E-state index in [1.807, 2.05) is 12.1 Å². The molecule has 32 heavy (non-hydrogen) atoms. The van der Waals surface area contributed by atoms with Gasteiger partial charge in [0, 0.05) is 5.70 Å². The number of carboxylic acid groups (broad SMARTS) is 1. The van der Waals surface area contributed by atoms with Gasteiger partial charge in [0.05, 0.1) is 17.7 Å². The zero-order valence-corrected chi connectivity index (χ0v) is 17.5. The van der Waals surface area contributed by atoms with E-state index >= 15 is 0 Å². The van der Waals surface area contributed by atoms with Gasteiger partial charge in [0.1, 0.15) is 18.4 Å². The molecule has 0 amide bonds. The SMILES string of the molecule is CCOC(=O)C1=C(C)Nc2nnnn2C1c1cccc(OCc2cccc(C(=O)O)c2)c1. The van der Waals surface area contributed by atoms with Crippen LogP contribution in [0.2, 0.25) is 0 Å². The van der Waals surface area contributed by atoms with Gasteiger partial charge in [0.2, 0.25) is 5.95 Å². The van der Waals surface area contributed by atoms with Gasteiger partial charge in [-0.05, 0) is 59.7 Å². The third-order valence-electron chi connectivity index (χ3n) is 4.96. The minimum atomic E-state index is -0.995. The third-order valence-corrected chi connectivity index (χ3v) is 4.96. The largest absolute Gasteiger partial charge is 0.489 e. The van der Waals surface area contributed by atoms with Crippen molar-refractivity contribution in [2.75, 3.05) is 11.9 Å². The molecule has 2 aromatic carbocycles. The van der Waals surface area contributed by atoms with Gasteiger partial charge in [-0.1, -0.05) is 29.4 Å². The number of hydrogen-bond donors (Lipinski definition) is 2. The van der Waals surface area contributed by atoms with Crippen LogP contribution in [0.3, 0.4) is 0 Å². The monoisotopic (exact) mass is 435 g/mol. The maximum atomic E-state index is 12.7. The smallest absolute Gasteiger partial charge is 0.338 e. The first kappa shape index (κ1) is 21.0. The number of nitrogens with zero attached hydrogens (tertiary/aromatic N) is 4. The molecule has 1 aliphatic rings. The summed E-state index contributed by atoms with van der Waals surface area (Å²) in [5, 5.41) is 23.9. The average Bonchev–Trinajstić information content (AvgIpc) is 3.25. The molecule has 2 heterocycles. The fourth-order valence-corrected chi connectivity index (χ4v) is 3.53. The highest BCUT2D eigenvalue weighted by Gasteiger charge is 2.35. The molecule has 1 aromatic heterocycles. The van der Waals surface area contributed by atoms with E-state index in [-0.39, 0.29) is 18.8 Å². The Hall–Kier alpha value is -4.21. The lowest BCUT2D eigenvalue weighted by Crippen LogP contribution is -2.29. The molecule has 10 nitrogen and oxygen atoms in total.